The number of rotatable bonds is 7. The molecule has 0 spiro atoms. The molecule has 0 aliphatic rings. The number of hydrogen-bond acceptors (Lipinski definition) is 4. The van der Waals surface area contributed by atoms with E-state index in [0.29, 0.717) is 19.4 Å². The molecule has 84 valence electrons. The number of nitrogens with one attached hydrogen (secondary N) is 1. The highest BCUT2D eigenvalue weighted by molar-refractivity contribution is 5.78. The molecule has 0 aromatic carbocycles. The fraction of sp³-hybridized carbons (Fsp3) is 0.889. The molecule has 0 rings (SSSR count). The van der Waals surface area contributed by atoms with E-state index in [1.54, 1.807) is 0 Å². The molecule has 0 heterocycles. The van der Waals surface area contributed by atoms with Crippen molar-refractivity contribution in [2.75, 3.05) is 13.1 Å². The summed E-state index contributed by atoms with van der Waals surface area (Å²) in [5, 5.41) is 21.7. The van der Waals surface area contributed by atoms with Crippen molar-refractivity contribution >= 4 is 5.91 Å². The fourth-order valence-corrected chi connectivity index (χ4v) is 1.04. The Morgan fingerprint density at radius 1 is 1.50 bits per heavy atom. The molecule has 1 atom stereocenters. The highest BCUT2D eigenvalue weighted by Gasteiger charge is 2.22. The zero-order valence-electron chi connectivity index (χ0n) is 8.79. The van der Waals surface area contributed by atoms with E-state index in [-0.39, 0.29) is 6.54 Å². The maximum absolute atomic E-state index is 10.5. The third-order valence-corrected chi connectivity index (χ3v) is 2.44. The van der Waals surface area contributed by atoms with Crippen LogP contribution in [0.5, 0.6) is 0 Å². The Morgan fingerprint density at radius 2 is 2.00 bits per heavy atom. The van der Waals surface area contributed by atoms with Crippen molar-refractivity contribution in [3.05, 3.63) is 0 Å². The molecular weight excluding hydrogens is 184 g/mol. The Balaban J connectivity index is 3.77. The zero-order chi connectivity index (χ0) is 11.2. The second-order valence-electron chi connectivity index (χ2n) is 3.48. The summed E-state index contributed by atoms with van der Waals surface area (Å²) >= 11 is 0. The van der Waals surface area contributed by atoms with Gasteiger partial charge in [-0.15, -0.1) is 0 Å². The van der Waals surface area contributed by atoms with Crippen LogP contribution in [0.4, 0.5) is 0 Å². The SMILES string of the molecule is CCC(O)(CC)CNCC(O)C(N)=O. The smallest absolute Gasteiger partial charge is 0.247 e. The molecule has 0 saturated carbocycles. The number of carbonyl (C=O) groups is 1. The van der Waals surface area contributed by atoms with Crippen molar-refractivity contribution in [1.29, 1.82) is 0 Å². The van der Waals surface area contributed by atoms with Crippen LogP contribution in [-0.4, -0.2) is 40.9 Å². The molecule has 5 heteroatoms. The molecule has 0 saturated heterocycles. The van der Waals surface area contributed by atoms with Crippen LogP contribution < -0.4 is 11.1 Å². The van der Waals surface area contributed by atoms with E-state index in [4.69, 9.17) is 10.8 Å². The molecule has 1 amide bonds. The van der Waals surface area contributed by atoms with Gasteiger partial charge in [0, 0.05) is 13.1 Å². The van der Waals surface area contributed by atoms with Crippen molar-refractivity contribution in [2.24, 2.45) is 5.73 Å². The van der Waals surface area contributed by atoms with E-state index in [1.165, 1.54) is 0 Å². The van der Waals surface area contributed by atoms with E-state index in [2.05, 4.69) is 5.32 Å². The number of amides is 1. The summed E-state index contributed by atoms with van der Waals surface area (Å²) in [5.74, 6) is -0.756. The normalized spacial score (nSPS) is 14.0. The van der Waals surface area contributed by atoms with Gasteiger partial charge in [-0.1, -0.05) is 13.8 Å². The van der Waals surface area contributed by atoms with Crippen molar-refractivity contribution in [3.8, 4) is 0 Å². The second-order valence-corrected chi connectivity index (χ2v) is 3.48. The first-order valence-electron chi connectivity index (χ1n) is 4.85. The van der Waals surface area contributed by atoms with Crippen LogP contribution in [0.2, 0.25) is 0 Å². The van der Waals surface area contributed by atoms with Gasteiger partial charge < -0.3 is 21.3 Å². The predicted octanol–water partition coefficient (Wildman–Crippen LogP) is -1.03. The van der Waals surface area contributed by atoms with E-state index in [0.717, 1.165) is 0 Å². The third kappa shape index (κ3) is 4.55. The quantitative estimate of drug-likeness (QED) is 0.426. The van der Waals surface area contributed by atoms with Crippen LogP contribution in [0.15, 0.2) is 0 Å². The molecule has 5 nitrogen and oxygen atoms in total. The first-order valence-corrected chi connectivity index (χ1v) is 4.85. The minimum atomic E-state index is -1.19. The van der Waals surface area contributed by atoms with Crippen molar-refractivity contribution in [3.63, 3.8) is 0 Å². The minimum absolute atomic E-state index is 0.0810. The Morgan fingerprint density at radius 3 is 2.36 bits per heavy atom. The average molecular weight is 204 g/mol. The first kappa shape index (κ1) is 13.4. The topological polar surface area (TPSA) is 95.6 Å². The van der Waals surface area contributed by atoms with E-state index in [1.807, 2.05) is 13.8 Å². The van der Waals surface area contributed by atoms with Gasteiger partial charge in [0.1, 0.15) is 6.10 Å². The maximum Gasteiger partial charge on any atom is 0.247 e. The van der Waals surface area contributed by atoms with E-state index < -0.39 is 17.6 Å². The van der Waals surface area contributed by atoms with Crippen LogP contribution in [-0.2, 0) is 4.79 Å². The molecule has 0 aliphatic carbocycles. The number of carbonyl (C=O) groups excluding carboxylic acids is 1. The average Bonchev–Trinajstić information content (AvgIpc) is 2.17. The molecule has 0 fully saturated rings. The van der Waals surface area contributed by atoms with Gasteiger partial charge in [-0.05, 0) is 12.8 Å². The molecule has 0 aromatic heterocycles. The highest BCUT2D eigenvalue weighted by atomic mass is 16.3. The molecule has 1 unspecified atom stereocenters. The Hall–Kier alpha value is -0.650. The summed E-state index contributed by atoms with van der Waals surface area (Å²) in [6, 6.07) is 0. The summed E-state index contributed by atoms with van der Waals surface area (Å²) in [4.78, 5) is 10.5. The van der Waals surface area contributed by atoms with Gasteiger partial charge in [-0.2, -0.15) is 0 Å². The van der Waals surface area contributed by atoms with Crippen LogP contribution in [0.1, 0.15) is 26.7 Å². The molecule has 0 radical (unpaired) electrons. The lowest BCUT2D eigenvalue weighted by Crippen LogP contribution is -2.44. The summed E-state index contributed by atoms with van der Waals surface area (Å²) in [6.07, 6.45) is 0.0692. The van der Waals surface area contributed by atoms with Crippen LogP contribution in [0, 0.1) is 0 Å². The summed E-state index contributed by atoms with van der Waals surface area (Å²) < 4.78 is 0. The lowest BCUT2D eigenvalue weighted by Gasteiger charge is -2.25. The minimum Gasteiger partial charge on any atom is -0.389 e. The summed E-state index contributed by atoms with van der Waals surface area (Å²) in [6.45, 7) is 4.20. The monoisotopic (exact) mass is 204 g/mol. The molecule has 0 aromatic rings. The van der Waals surface area contributed by atoms with Gasteiger partial charge in [-0.25, -0.2) is 0 Å². The zero-order valence-corrected chi connectivity index (χ0v) is 8.79. The fourth-order valence-electron chi connectivity index (χ4n) is 1.04. The third-order valence-electron chi connectivity index (χ3n) is 2.44. The van der Waals surface area contributed by atoms with Gasteiger partial charge in [0.15, 0.2) is 0 Å². The maximum atomic E-state index is 10.5. The van der Waals surface area contributed by atoms with Gasteiger partial charge in [0.25, 0.3) is 0 Å². The largest absolute Gasteiger partial charge is 0.389 e. The van der Waals surface area contributed by atoms with Crippen molar-refractivity contribution < 1.29 is 15.0 Å². The predicted molar refractivity (Wildman–Crippen MR) is 53.6 cm³/mol. The van der Waals surface area contributed by atoms with Gasteiger partial charge in [0.2, 0.25) is 5.91 Å². The summed E-state index contributed by atoms with van der Waals surface area (Å²) in [5.41, 5.74) is 4.09. The number of primary amides is 1. The highest BCUT2D eigenvalue weighted by Crippen LogP contribution is 2.12. The number of aliphatic hydroxyl groups is 2. The van der Waals surface area contributed by atoms with Gasteiger partial charge in [0.05, 0.1) is 5.60 Å². The Kier molecular flexibility index (Phi) is 5.68. The van der Waals surface area contributed by atoms with Crippen molar-refractivity contribution in [1.82, 2.24) is 5.32 Å². The summed E-state index contributed by atoms with van der Waals surface area (Å²) in [7, 11) is 0. The van der Waals surface area contributed by atoms with Crippen LogP contribution in [0.25, 0.3) is 0 Å². The molecule has 5 N–H and O–H groups in total. The second kappa shape index (κ2) is 5.95. The number of aliphatic hydroxyl groups excluding tert-OH is 1. The van der Waals surface area contributed by atoms with Gasteiger partial charge >= 0.3 is 0 Å². The first-order chi connectivity index (χ1) is 6.45. The Bertz CT molecular complexity index is 181. The van der Waals surface area contributed by atoms with Crippen LogP contribution >= 0.6 is 0 Å². The molecular formula is C9H20N2O3. The molecule has 0 aliphatic heterocycles. The number of nitrogens with two attached hydrogens (primary N) is 1. The molecule has 0 bridgehead atoms. The molecule has 14 heavy (non-hydrogen) atoms. The Labute approximate surface area is 84.3 Å². The lowest BCUT2D eigenvalue weighted by atomic mass is 9.97. The van der Waals surface area contributed by atoms with Crippen molar-refractivity contribution in [2.45, 2.75) is 38.4 Å². The standard InChI is InChI=1S/C9H20N2O3/c1-3-9(14,4-2)6-11-5-7(12)8(10)13/h7,11-12,14H,3-6H2,1-2H3,(H2,10,13). The van der Waals surface area contributed by atoms with Crippen LogP contribution in [0.3, 0.4) is 0 Å². The van der Waals surface area contributed by atoms with E-state index in [9.17, 15) is 9.90 Å². The number of hydrogen-bond donors (Lipinski definition) is 4. The van der Waals surface area contributed by atoms with Gasteiger partial charge in [-0.3, -0.25) is 4.79 Å². The lowest BCUT2D eigenvalue weighted by molar-refractivity contribution is -0.125. The van der Waals surface area contributed by atoms with E-state index >= 15 is 0 Å².